The minimum Gasteiger partial charge on any atom is -0.411 e. The zero-order chi connectivity index (χ0) is 18.5. The van der Waals surface area contributed by atoms with Crippen LogP contribution in [0.25, 0.3) is 11.5 Å². The summed E-state index contributed by atoms with van der Waals surface area (Å²) in [6.07, 6.45) is 3.16. The van der Waals surface area contributed by atoms with Crippen molar-refractivity contribution in [1.82, 2.24) is 15.2 Å². The molecule has 26 heavy (non-hydrogen) atoms. The minimum absolute atomic E-state index is 0.142. The van der Waals surface area contributed by atoms with Gasteiger partial charge >= 0.3 is 0 Å². The number of pyridine rings is 1. The number of nitro groups is 1. The summed E-state index contributed by atoms with van der Waals surface area (Å²) in [6, 6.07) is 6.34. The number of rotatable bonds is 6. The Hall–Kier alpha value is -3.34. The molecule has 0 radical (unpaired) electrons. The lowest BCUT2D eigenvalue weighted by atomic mass is 10.2. The average Bonchev–Trinajstić information content (AvgIpc) is 3.11. The Labute approximate surface area is 149 Å². The summed E-state index contributed by atoms with van der Waals surface area (Å²) >= 11 is 0.951. The van der Waals surface area contributed by atoms with Crippen molar-refractivity contribution in [1.29, 1.82) is 0 Å². The van der Waals surface area contributed by atoms with E-state index in [1.807, 2.05) is 0 Å². The van der Waals surface area contributed by atoms with Crippen molar-refractivity contribution in [3.63, 3.8) is 0 Å². The van der Waals surface area contributed by atoms with Gasteiger partial charge in [-0.1, -0.05) is 11.8 Å². The number of carbonyl (C=O) groups is 1. The van der Waals surface area contributed by atoms with E-state index in [1.54, 1.807) is 24.5 Å². The van der Waals surface area contributed by atoms with Crippen molar-refractivity contribution >= 4 is 29.0 Å². The molecule has 2 heterocycles. The lowest BCUT2D eigenvalue weighted by Gasteiger charge is -2.05. The Morgan fingerprint density at radius 2 is 2.19 bits per heavy atom. The molecule has 0 saturated heterocycles. The van der Waals surface area contributed by atoms with Gasteiger partial charge in [0.05, 0.1) is 21.9 Å². The van der Waals surface area contributed by atoms with Crippen LogP contribution in [0.5, 0.6) is 0 Å². The Morgan fingerprint density at radius 1 is 1.35 bits per heavy atom. The van der Waals surface area contributed by atoms with E-state index < -0.39 is 16.6 Å². The molecule has 0 aliphatic rings. The molecular weight excluding hydrogens is 365 g/mol. The molecule has 0 bridgehead atoms. The second-order valence-electron chi connectivity index (χ2n) is 4.87. The van der Waals surface area contributed by atoms with Crippen molar-refractivity contribution in [2.45, 2.75) is 5.22 Å². The van der Waals surface area contributed by atoms with Crippen molar-refractivity contribution in [3.8, 4) is 11.5 Å². The topological polar surface area (TPSA) is 124 Å². The van der Waals surface area contributed by atoms with E-state index >= 15 is 0 Å². The first-order chi connectivity index (χ1) is 12.5. The standard InChI is InChI=1S/C15H10FN5O4S/c16-11-4-3-10(21(23)24)6-12(11)18-13(22)8-26-15-20-19-14(25-15)9-2-1-5-17-7-9/h1-7H,8H2,(H,18,22). The molecule has 3 aromatic rings. The SMILES string of the molecule is O=C(CSc1nnc(-c2cccnc2)o1)Nc1cc([N+](=O)[O-])ccc1F. The first-order valence-corrected chi connectivity index (χ1v) is 8.12. The highest BCUT2D eigenvalue weighted by Gasteiger charge is 2.15. The van der Waals surface area contributed by atoms with Gasteiger partial charge in [0.25, 0.3) is 10.9 Å². The van der Waals surface area contributed by atoms with Gasteiger partial charge in [-0.05, 0) is 18.2 Å². The number of non-ortho nitro benzene ring substituents is 1. The van der Waals surface area contributed by atoms with Crippen molar-refractivity contribution in [2.75, 3.05) is 11.1 Å². The van der Waals surface area contributed by atoms with Crippen LogP contribution in [0.3, 0.4) is 0 Å². The number of amides is 1. The molecule has 1 amide bonds. The summed E-state index contributed by atoms with van der Waals surface area (Å²) in [5, 5.41) is 20.8. The van der Waals surface area contributed by atoms with Gasteiger partial charge in [-0.3, -0.25) is 19.9 Å². The van der Waals surface area contributed by atoms with Crippen LogP contribution in [0.1, 0.15) is 0 Å². The molecule has 1 N–H and O–H groups in total. The highest BCUT2D eigenvalue weighted by Crippen LogP contribution is 2.24. The molecule has 3 rings (SSSR count). The summed E-state index contributed by atoms with van der Waals surface area (Å²) in [5.41, 5.74) is 0.0358. The van der Waals surface area contributed by atoms with Crippen LogP contribution < -0.4 is 5.32 Å². The van der Waals surface area contributed by atoms with Crippen molar-refractivity contribution in [3.05, 3.63) is 58.7 Å². The summed E-state index contributed by atoms with van der Waals surface area (Å²) in [4.78, 5) is 25.9. The Kier molecular flexibility index (Phi) is 5.17. The second kappa shape index (κ2) is 7.70. The number of nitro benzene ring substituents is 1. The fourth-order valence-electron chi connectivity index (χ4n) is 1.91. The van der Waals surface area contributed by atoms with Gasteiger partial charge in [-0.2, -0.15) is 0 Å². The number of carbonyl (C=O) groups excluding carboxylic acids is 1. The van der Waals surface area contributed by atoms with Crippen LogP contribution in [-0.4, -0.2) is 31.8 Å². The van der Waals surface area contributed by atoms with Crippen molar-refractivity contribution < 1.29 is 18.5 Å². The first-order valence-electron chi connectivity index (χ1n) is 7.13. The molecular formula is C15H10FN5O4S. The highest BCUT2D eigenvalue weighted by molar-refractivity contribution is 7.99. The van der Waals surface area contributed by atoms with E-state index in [-0.39, 0.29) is 28.2 Å². The maximum atomic E-state index is 13.7. The second-order valence-corrected chi connectivity index (χ2v) is 5.80. The molecule has 0 saturated carbocycles. The first kappa shape index (κ1) is 17.5. The van der Waals surface area contributed by atoms with Gasteiger partial charge in [0, 0.05) is 24.5 Å². The smallest absolute Gasteiger partial charge is 0.277 e. The molecule has 2 aromatic heterocycles. The summed E-state index contributed by atoms with van der Waals surface area (Å²) in [5.74, 6) is -1.23. The molecule has 0 aliphatic carbocycles. The van der Waals surface area contributed by atoms with Gasteiger partial charge in [-0.25, -0.2) is 4.39 Å². The third-order valence-corrected chi connectivity index (χ3v) is 3.89. The molecule has 0 atom stereocenters. The number of nitrogens with zero attached hydrogens (tertiary/aromatic N) is 4. The Balaban J connectivity index is 1.61. The number of halogens is 1. The lowest BCUT2D eigenvalue weighted by molar-refractivity contribution is -0.384. The molecule has 9 nitrogen and oxygen atoms in total. The number of hydrogen-bond acceptors (Lipinski definition) is 8. The summed E-state index contributed by atoms with van der Waals surface area (Å²) in [7, 11) is 0. The molecule has 0 spiro atoms. The van der Waals surface area contributed by atoms with E-state index in [9.17, 15) is 19.3 Å². The van der Waals surface area contributed by atoms with Crippen molar-refractivity contribution in [2.24, 2.45) is 0 Å². The van der Waals surface area contributed by atoms with Crippen LogP contribution >= 0.6 is 11.8 Å². The number of hydrogen-bond donors (Lipinski definition) is 1. The predicted octanol–water partition coefficient (Wildman–Crippen LogP) is 2.91. The molecule has 132 valence electrons. The zero-order valence-electron chi connectivity index (χ0n) is 13.0. The quantitative estimate of drug-likeness (QED) is 0.396. The monoisotopic (exact) mass is 375 g/mol. The van der Waals surface area contributed by atoms with Crippen LogP contribution in [0.15, 0.2) is 52.4 Å². The maximum absolute atomic E-state index is 13.7. The van der Waals surface area contributed by atoms with Gasteiger partial charge in [0.15, 0.2) is 0 Å². The fraction of sp³-hybridized carbons (Fsp3) is 0.0667. The fourth-order valence-corrected chi connectivity index (χ4v) is 2.47. The van der Waals surface area contributed by atoms with E-state index in [4.69, 9.17) is 4.42 Å². The molecule has 0 fully saturated rings. The van der Waals surface area contributed by atoms with E-state index in [0.29, 0.717) is 5.56 Å². The Morgan fingerprint density at radius 3 is 2.92 bits per heavy atom. The molecule has 0 aliphatic heterocycles. The lowest BCUT2D eigenvalue weighted by Crippen LogP contribution is -2.15. The largest absolute Gasteiger partial charge is 0.411 e. The highest BCUT2D eigenvalue weighted by atomic mass is 32.2. The van der Waals surface area contributed by atoms with Gasteiger partial charge in [0.1, 0.15) is 5.82 Å². The van der Waals surface area contributed by atoms with Gasteiger partial charge in [-0.15, -0.1) is 10.2 Å². The zero-order valence-corrected chi connectivity index (χ0v) is 13.8. The van der Waals surface area contributed by atoms with Crippen LogP contribution in [0.4, 0.5) is 15.8 Å². The van der Waals surface area contributed by atoms with E-state index in [0.717, 1.165) is 30.0 Å². The number of anilines is 1. The maximum Gasteiger partial charge on any atom is 0.277 e. The average molecular weight is 375 g/mol. The molecule has 1 aromatic carbocycles. The summed E-state index contributed by atoms with van der Waals surface area (Å²) in [6.45, 7) is 0. The number of aromatic nitrogens is 3. The minimum atomic E-state index is -0.773. The van der Waals surface area contributed by atoms with E-state index in [1.165, 1.54) is 0 Å². The summed E-state index contributed by atoms with van der Waals surface area (Å²) < 4.78 is 19.1. The van der Waals surface area contributed by atoms with Gasteiger partial charge in [0.2, 0.25) is 11.8 Å². The van der Waals surface area contributed by atoms with Crippen LogP contribution in [-0.2, 0) is 4.79 Å². The predicted molar refractivity (Wildman–Crippen MR) is 89.9 cm³/mol. The normalized spacial score (nSPS) is 10.5. The van der Waals surface area contributed by atoms with Gasteiger partial charge < -0.3 is 9.73 Å². The van der Waals surface area contributed by atoms with Crippen LogP contribution in [0, 0.1) is 15.9 Å². The number of benzene rings is 1. The van der Waals surface area contributed by atoms with Crippen LogP contribution in [0.2, 0.25) is 0 Å². The molecule has 0 unspecified atom stereocenters. The number of thioether (sulfide) groups is 1. The number of nitrogens with one attached hydrogen (secondary N) is 1. The molecule has 11 heteroatoms. The third-order valence-electron chi connectivity index (χ3n) is 3.08. The third kappa shape index (κ3) is 4.19. The van der Waals surface area contributed by atoms with E-state index in [2.05, 4.69) is 20.5 Å². The Bertz CT molecular complexity index is 950.